The molecule has 6 heteroatoms. The third-order valence-electron chi connectivity index (χ3n) is 4.05. The van der Waals surface area contributed by atoms with Gasteiger partial charge in [0, 0.05) is 29.7 Å². The molecule has 4 heterocycles. The summed E-state index contributed by atoms with van der Waals surface area (Å²) in [4.78, 5) is 8.60. The van der Waals surface area contributed by atoms with Gasteiger partial charge in [0.05, 0.1) is 23.4 Å². The van der Waals surface area contributed by atoms with Crippen LogP contribution in [0.5, 0.6) is 0 Å². The van der Waals surface area contributed by atoms with Crippen molar-refractivity contribution >= 4 is 11.0 Å². The highest BCUT2D eigenvalue weighted by Crippen LogP contribution is 2.29. The minimum absolute atomic E-state index is 0.341. The Morgan fingerprint density at radius 3 is 2.79 bits per heavy atom. The monoisotopic (exact) mass is 322 g/mol. The van der Waals surface area contributed by atoms with Crippen molar-refractivity contribution in [3.8, 4) is 11.1 Å². The molecule has 120 valence electrons. The number of halogens is 1. The minimum atomic E-state index is -0.341. The lowest BCUT2D eigenvalue weighted by Crippen LogP contribution is -2.00. The Morgan fingerprint density at radius 2 is 2.08 bits per heavy atom. The molecule has 0 bridgehead atoms. The molecule has 0 fully saturated rings. The molecule has 0 spiro atoms. The summed E-state index contributed by atoms with van der Waals surface area (Å²) in [5.74, 6) is 0.378. The van der Waals surface area contributed by atoms with Crippen LogP contribution in [0.1, 0.15) is 17.1 Å². The Hall–Kier alpha value is -3.02. The zero-order valence-electron chi connectivity index (χ0n) is 13.3. The van der Waals surface area contributed by atoms with Crippen LogP contribution in [0.4, 0.5) is 4.39 Å². The van der Waals surface area contributed by atoms with E-state index < -0.39 is 0 Å². The van der Waals surface area contributed by atoms with Crippen LogP contribution in [0.25, 0.3) is 22.2 Å². The van der Waals surface area contributed by atoms with E-state index in [1.807, 2.05) is 42.7 Å². The van der Waals surface area contributed by atoms with Crippen molar-refractivity contribution in [2.75, 3.05) is 0 Å². The third kappa shape index (κ3) is 2.36. The molecule has 0 saturated heterocycles. The largest absolute Gasteiger partial charge is 0.361 e. The van der Waals surface area contributed by atoms with Crippen LogP contribution in [-0.2, 0) is 6.54 Å². The molecule has 0 radical (unpaired) electrons. The first kappa shape index (κ1) is 14.6. The van der Waals surface area contributed by atoms with E-state index in [-0.39, 0.29) is 5.82 Å². The predicted octanol–water partition coefficient (Wildman–Crippen LogP) is 3.89. The molecular weight excluding hydrogens is 307 g/mol. The van der Waals surface area contributed by atoms with Crippen molar-refractivity contribution in [1.29, 1.82) is 0 Å². The lowest BCUT2D eigenvalue weighted by Gasteiger charge is -2.06. The van der Waals surface area contributed by atoms with Gasteiger partial charge >= 0.3 is 0 Å². The van der Waals surface area contributed by atoms with E-state index in [1.54, 1.807) is 12.4 Å². The molecule has 0 atom stereocenters. The molecule has 0 unspecified atom stereocenters. The lowest BCUT2D eigenvalue weighted by molar-refractivity contribution is 0.393. The molecule has 0 aliphatic rings. The summed E-state index contributed by atoms with van der Waals surface area (Å²) in [6.07, 6.45) is 4.84. The smallest absolute Gasteiger partial charge is 0.167 e. The van der Waals surface area contributed by atoms with E-state index in [9.17, 15) is 4.39 Å². The predicted molar refractivity (Wildman–Crippen MR) is 88.0 cm³/mol. The van der Waals surface area contributed by atoms with E-state index in [0.29, 0.717) is 12.1 Å². The Kier molecular flexibility index (Phi) is 3.37. The van der Waals surface area contributed by atoms with Gasteiger partial charge in [0.15, 0.2) is 5.82 Å². The second kappa shape index (κ2) is 5.56. The second-order valence-electron chi connectivity index (χ2n) is 5.72. The molecule has 4 rings (SSSR count). The molecule has 5 nitrogen and oxygen atoms in total. The summed E-state index contributed by atoms with van der Waals surface area (Å²) in [7, 11) is 0. The zero-order chi connectivity index (χ0) is 16.7. The first-order valence-electron chi connectivity index (χ1n) is 7.61. The van der Waals surface area contributed by atoms with Gasteiger partial charge in [0.1, 0.15) is 11.3 Å². The number of hydrogen-bond acceptors (Lipinski definition) is 4. The van der Waals surface area contributed by atoms with E-state index in [1.165, 1.54) is 6.20 Å². The van der Waals surface area contributed by atoms with Gasteiger partial charge < -0.3 is 9.09 Å². The maximum atomic E-state index is 14.2. The van der Waals surface area contributed by atoms with Gasteiger partial charge in [0.25, 0.3) is 0 Å². The van der Waals surface area contributed by atoms with Crippen LogP contribution >= 0.6 is 0 Å². The summed E-state index contributed by atoms with van der Waals surface area (Å²) in [5.41, 5.74) is 4.47. The number of aromatic nitrogens is 4. The summed E-state index contributed by atoms with van der Waals surface area (Å²) >= 11 is 0. The van der Waals surface area contributed by atoms with Crippen molar-refractivity contribution in [2.24, 2.45) is 0 Å². The van der Waals surface area contributed by atoms with Gasteiger partial charge in [-0.25, -0.2) is 4.39 Å². The summed E-state index contributed by atoms with van der Waals surface area (Å²) in [6, 6.07) is 7.60. The van der Waals surface area contributed by atoms with Crippen molar-refractivity contribution < 1.29 is 8.91 Å². The Bertz CT molecular complexity index is 1000. The Labute approximate surface area is 137 Å². The van der Waals surface area contributed by atoms with E-state index in [4.69, 9.17) is 4.52 Å². The summed E-state index contributed by atoms with van der Waals surface area (Å²) in [5, 5.41) is 3.97. The molecule has 0 aliphatic heterocycles. The normalized spacial score (nSPS) is 11.3. The highest BCUT2D eigenvalue weighted by Gasteiger charge is 2.16. The fourth-order valence-electron chi connectivity index (χ4n) is 2.95. The van der Waals surface area contributed by atoms with E-state index in [0.717, 1.165) is 33.8 Å². The van der Waals surface area contributed by atoms with Crippen LogP contribution in [-0.4, -0.2) is 19.7 Å². The SMILES string of the molecule is Cc1noc(C)c1-c1cnc2c(F)cn(Cc3ccccn3)c2c1. The first-order valence-corrected chi connectivity index (χ1v) is 7.61. The van der Waals surface area contributed by atoms with Crippen LogP contribution < -0.4 is 0 Å². The average Bonchev–Trinajstić information content (AvgIpc) is 3.08. The molecule has 24 heavy (non-hydrogen) atoms. The van der Waals surface area contributed by atoms with Crippen LogP contribution in [0.2, 0.25) is 0 Å². The molecule has 0 N–H and O–H groups in total. The van der Waals surface area contributed by atoms with Crippen LogP contribution in [0.15, 0.2) is 47.4 Å². The van der Waals surface area contributed by atoms with Gasteiger partial charge in [0.2, 0.25) is 0 Å². The standard InChI is InChI=1S/C18H15FN4O/c1-11-17(12(2)24-22-11)13-7-16-18(21-8-13)15(19)10-23(16)9-14-5-3-4-6-20-14/h3-8,10H,9H2,1-2H3. The van der Waals surface area contributed by atoms with Gasteiger partial charge in [-0.1, -0.05) is 11.2 Å². The number of fused-ring (bicyclic) bond motifs is 1. The molecule has 0 aliphatic carbocycles. The number of nitrogens with zero attached hydrogens (tertiary/aromatic N) is 4. The number of aryl methyl sites for hydroxylation is 2. The molecule has 0 amide bonds. The van der Waals surface area contributed by atoms with E-state index >= 15 is 0 Å². The molecular formula is C18H15FN4O. The highest BCUT2D eigenvalue weighted by atomic mass is 19.1. The molecule has 0 aromatic carbocycles. The third-order valence-corrected chi connectivity index (χ3v) is 4.05. The number of rotatable bonds is 3. The fraction of sp³-hybridized carbons (Fsp3) is 0.167. The van der Waals surface area contributed by atoms with Gasteiger partial charge in [-0.3, -0.25) is 9.97 Å². The summed E-state index contributed by atoms with van der Waals surface area (Å²) in [6.45, 7) is 4.21. The Morgan fingerprint density at radius 1 is 1.21 bits per heavy atom. The van der Waals surface area contributed by atoms with Crippen LogP contribution in [0, 0.1) is 19.7 Å². The van der Waals surface area contributed by atoms with Crippen molar-refractivity contribution in [2.45, 2.75) is 20.4 Å². The van der Waals surface area contributed by atoms with Crippen LogP contribution in [0.3, 0.4) is 0 Å². The van der Waals surface area contributed by atoms with Crippen molar-refractivity contribution in [3.63, 3.8) is 0 Å². The first-order chi connectivity index (χ1) is 11.6. The van der Waals surface area contributed by atoms with E-state index in [2.05, 4.69) is 15.1 Å². The maximum Gasteiger partial charge on any atom is 0.167 e. The minimum Gasteiger partial charge on any atom is -0.361 e. The zero-order valence-corrected chi connectivity index (χ0v) is 13.3. The molecule has 4 aromatic rings. The maximum absolute atomic E-state index is 14.2. The summed E-state index contributed by atoms with van der Waals surface area (Å²) < 4.78 is 21.3. The topological polar surface area (TPSA) is 56.7 Å². The number of pyridine rings is 2. The molecule has 0 saturated carbocycles. The molecule has 4 aromatic heterocycles. The van der Waals surface area contributed by atoms with Gasteiger partial charge in [-0.15, -0.1) is 0 Å². The Balaban J connectivity index is 1.85. The highest BCUT2D eigenvalue weighted by molar-refractivity contribution is 5.83. The quantitative estimate of drug-likeness (QED) is 0.574. The fourth-order valence-corrected chi connectivity index (χ4v) is 2.95. The van der Waals surface area contributed by atoms with Gasteiger partial charge in [-0.2, -0.15) is 0 Å². The van der Waals surface area contributed by atoms with Gasteiger partial charge in [-0.05, 0) is 32.0 Å². The number of hydrogen-bond donors (Lipinski definition) is 0. The van der Waals surface area contributed by atoms with Crippen molar-refractivity contribution in [3.05, 3.63) is 65.8 Å². The lowest BCUT2D eigenvalue weighted by atomic mass is 10.1. The average molecular weight is 322 g/mol. The second-order valence-corrected chi connectivity index (χ2v) is 5.72. The van der Waals surface area contributed by atoms with Crippen molar-refractivity contribution in [1.82, 2.24) is 19.7 Å².